The third-order valence-corrected chi connectivity index (χ3v) is 4.04. The van der Waals surface area contributed by atoms with Crippen LogP contribution in [0, 0.1) is 0 Å². The Morgan fingerprint density at radius 2 is 1.55 bits per heavy atom. The third-order valence-electron chi connectivity index (χ3n) is 4.04. The van der Waals surface area contributed by atoms with Gasteiger partial charge in [-0.25, -0.2) is 4.68 Å². The number of rotatable bonds is 3. The lowest BCUT2D eigenvalue weighted by Gasteiger charge is -2.11. The monoisotopic (exact) mass is 412 g/mol. The summed E-state index contributed by atoms with van der Waals surface area (Å²) in [6.07, 6.45) is -10.0. The second kappa shape index (κ2) is 6.54. The normalized spacial score (nSPS) is 12.5. The Hall–Kier alpha value is -3.50. The van der Waals surface area contributed by atoms with Crippen molar-refractivity contribution in [2.75, 3.05) is 5.32 Å². The van der Waals surface area contributed by atoms with Crippen molar-refractivity contribution in [3.8, 4) is 5.69 Å². The summed E-state index contributed by atoms with van der Waals surface area (Å²) in [5.74, 6) is 0.391. The Kier molecular flexibility index (Phi) is 4.25. The van der Waals surface area contributed by atoms with E-state index in [9.17, 15) is 26.3 Å². The summed E-state index contributed by atoms with van der Waals surface area (Å²) in [6, 6.07) is 12.2. The minimum absolute atomic E-state index is 0.0201. The molecular weight excluding hydrogens is 402 g/mol. The van der Waals surface area contributed by atoms with E-state index < -0.39 is 23.7 Å². The first-order chi connectivity index (χ1) is 13.6. The predicted octanol–water partition coefficient (Wildman–Crippen LogP) is 5.79. The van der Waals surface area contributed by atoms with Crippen LogP contribution in [0.5, 0.6) is 0 Å². The Bertz CT molecular complexity index is 1160. The van der Waals surface area contributed by atoms with E-state index in [1.165, 1.54) is 24.3 Å². The zero-order valence-electron chi connectivity index (χ0n) is 14.2. The van der Waals surface area contributed by atoms with Crippen molar-refractivity contribution in [3.63, 3.8) is 0 Å². The maximum absolute atomic E-state index is 13.2. The molecule has 0 aliphatic rings. The molecule has 2 aromatic heterocycles. The summed E-state index contributed by atoms with van der Waals surface area (Å²) < 4.78 is 83.3. The number of aromatic nitrogens is 3. The van der Waals surface area contributed by atoms with Crippen LogP contribution >= 0.6 is 0 Å². The lowest BCUT2D eigenvalue weighted by atomic mass is 10.2. The SMILES string of the molecule is FC(F)(F)c1cc(C(F)(F)F)n(-c2ccc(Nc3noc4ccccc34)cc2)n1. The first kappa shape index (κ1) is 18.8. The highest BCUT2D eigenvalue weighted by Gasteiger charge is 2.42. The standard InChI is InChI=1S/C18H10F6N4O/c19-17(20,21)14-9-15(18(22,23)24)28(26-14)11-7-5-10(6-8-11)25-16-12-3-1-2-4-13(12)29-27-16/h1-9H,(H,25,27). The molecule has 4 rings (SSSR count). The van der Waals surface area contributed by atoms with Gasteiger partial charge in [0, 0.05) is 11.8 Å². The van der Waals surface area contributed by atoms with Crippen LogP contribution < -0.4 is 5.32 Å². The fourth-order valence-electron chi connectivity index (χ4n) is 2.72. The molecule has 29 heavy (non-hydrogen) atoms. The van der Waals surface area contributed by atoms with E-state index >= 15 is 0 Å². The number of alkyl halides is 6. The maximum Gasteiger partial charge on any atom is 0.435 e. The number of nitrogens with one attached hydrogen (secondary N) is 1. The average molecular weight is 412 g/mol. The van der Waals surface area contributed by atoms with Crippen LogP contribution in [0.25, 0.3) is 16.7 Å². The minimum atomic E-state index is -5.01. The molecule has 0 bridgehead atoms. The number of fused-ring (bicyclic) bond motifs is 1. The number of halogens is 6. The summed E-state index contributed by atoms with van der Waals surface area (Å²) in [6.45, 7) is 0. The molecule has 0 saturated carbocycles. The van der Waals surface area contributed by atoms with Gasteiger partial charge in [-0.1, -0.05) is 17.3 Å². The smallest absolute Gasteiger partial charge is 0.354 e. The van der Waals surface area contributed by atoms with Gasteiger partial charge in [0.2, 0.25) is 0 Å². The zero-order valence-corrected chi connectivity index (χ0v) is 14.2. The Labute approximate surface area is 158 Å². The molecule has 2 heterocycles. The van der Waals surface area contributed by atoms with Crippen molar-refractivity contribution >= 4 is 22.5 Å². The van der Waals surface area contributed by atoms with Gasteiger partial charge >= 0.3 is 12.4 Å². The molecule has 11 heteroatoms. The third kappa shape index (κ3) is 3.62. The van der Waals surface area contributed by atoms with E-state index in [-0.39, 0.29) is 16.4 Å². The molecule has 0 amide bonds. The quantitative estimate of drug-likeness (QED) is 0.433. The Morgan fingerprint density at radius 3 is 2.21 bits per heavy atom. The van der Waals surface area contributed by atoms with E-state index in [1.54, 1.807) is 24.3 Å². The lowest BCUT2D eigenvalue weighted by Crippen LogP contribution is -2.13. The summed E-state index contributed by atoms with van der Waals surface area (Å²) in [5, 5.41) is 10.6. The van der Waals surface area contributed by atoms with Gasteiger partial charge in [-0.15, -0.1) is 0 Å². The van der Waals surface area contributed by atoms with Crippen LogP contribution in [-0.4, -0.2) is 14.9 Å². The molecule has 0 spiro atoms. The molecule has 0 aliphatic carbocycles. The fraction of sp³-hybridized carbons (Fsp3) is 0.111. The molecule has 5 nitrogen and oxygen atoms in total. The van der Waals surface area contributed by atoms with E-state index in [2.05, 4.69) is 15.6 Å². The Balaban J connectivity index is 1.67. The van der Waals surface area contributed by atoms with Crippen LogP contribution in [-0.2, 0) is 12.4 Å². The molecule has 0 saturated heterocycles. The molecule has 150 valence electrons. The molecule has 0 unspecified atom stereocenters. The maximum atomic E-state index is 13.2. The van der Waals surface area contributed by atoms with E-state index in [0.717, 1.165) is 0 Å². The molecule has 0 atom stereocenters. The van der Waals surface area contributed by atoms with Crippen LogP contribution in [0.1, 0.15) is 11.4 Å². The van der Waals surface area contributed by atoms with Gasteiger partial charge in [-0.2, -0.15) is 31.4 Å². The van der Waals surface area contributed by atoms with E-state index in [0.29, 0.717) is 22.5 Å². The van der Waals surface area contributed by atoms with Crippen molar-refractivity contribution in [1.29, 1.82) is 0 Å². The van der Waals surface area contributed by atoms with Crippen molar-refractivity contribution in [2.24, 2.45) is 0 Å². The van der Waals surface area contributed by atoms with Gasteiger partial charge in [0.25, 0.3) is 0 Å². The highest BCUT2D eigenvalue weighted by molar-refractivity contribution is 5.89. The molecule has 2 aromatic carbocycles. The van der Waals surface area contributed by atoms with E-state index in [1.807, 2.05) is 0 Å². The molecule has 1 N–H and O–H groups in total. The van der Waals surface area contributed by atoms with Gasteiger partial charge in [0.05, 0.1) is 11.1 Å². The van der Waals surface area contributed by atoms with Crippen molar-refractivity contribution in [1.82, 2.24) is 14.9 Å². The topological polar surface area (TPSA) is 55.9 Å². The van der Waals surface area contributed by atoms with E-state index in [4.69, 9.17) is 4.52 Å². The molecule has 0 radical (unpaired) electrons. The average Bonchev–Trinajstić information content (AvgIpc) is 3.27. The highest BCUT2D eigenvalue weighted by Crippen LogP contribution is 2.36. The summed E-state index contributed by atoms with van der Waals surface area (Å²) >= 11 is 0. The van der Waals surface area contributed by atoms with Crippen LogP contribution in [0.15, 0.2) is 59.1 Å². The number of hydrogen-bond acceptors (Lipinski definition) is 4. The number of nitrogens with zero attached hydrogens (tertiary/aromatic N) is 3. The fourth-order valence-corrected chi connectivity index (χ4v) is 2.72. The molecule has 0 fully saturated rings. The van der Waals surface area contributed by atoms with Gasteiger partial charge in [-0.3, -0.25) is 0 Å². The Morgan fingerprint density at radius 1 is 0.862 bits per heavy atom. The highest BCUT2D eigenvalue weighted by atomic mass is 19.4. The number of benzene rings is 2. The molecular formula is C18H10F6N4O. The number of anilines is 2. The first-order valence-corrected chi connectivity index (χ1v) is 8.09. The lowest BCUT2D eigenvalue weighted by molar-refractivity contribution is -0.143. The van der Waals surface area contributed by atoms with Gasteiger partial charge in [-0.05, 0) is 36.4 Å². The molecule has 0 aliphatic heterocycles. The summed E-state index contributed by atoms with van der Waals surface area (Å²) in [7, 11) is 0. The van der Waals surface area contributed by atoms with Crippen LogP contribution in [0.3, 0.4) is 0 Å². The number of para-hydroxylation sites is 1. The molecule has 4 aromatic rings. The second-order valence-electron chi connectivity index (χ2n) is 6.02. The zero-order chi connectivity index (χ0) is 20.8. The summed E-state index contributed by atoms with van der Waals surface area (Å²) in [4.78, 5) is 0. The van der Waals surface area contributed by atoms with Gasteiger partial charge in [0.1, 0.15) is 5.69 Å². The van der Waals surface area contributed by atoms with Gasteiger partial charge < -0.3 is 9.84 Å². The van der Waals surface area contributed by atoms with Crippen LogP contribution in [0.4, 0.5) is 37.8 Å². The van der Waals surface area contributed by atoms with Crippen molar-refractivity contribution < 1.29 is 30.9 Å². The van der Waals surface area contributed by atoms with Crippen molar-refractivity contribution in [2.45, 2.75) is 12.4 Å². The van der Waals surface area contributed by atoms with Crippen molar-refractivity contribution in [3.05, 3.63) is 66.0 Å². The largest absolute Gasteiger partial charge is 0.435 e. The second-order valence-corrected chi connectivity index (χ2v) is 6.02. The minimum Gasteiger partial charge on any atom is -0.354 e. The predicted molar refractivity (Wildman–Crippen MR) is 90.9 cm³/mol. The van der Waals surface area contributed by atoms with Gasteiger partial charge in [0.15, 0.2) is 17.1 Å². The van der Waals surface area contributed by atoms with Crippen LogP contribution in [0.2, 0.25) is 0 Å². The summed E-state index contributed by atoms with van der Waals surface area (Å²) in [5.41, 5.74) is -2.33. The number of hydrogen-bond donors (Lipinski definition) is 1. The first-order valence-electron chi connectivity index (χ1n) is 8.09.